The van der Waals surface area contributed by atoms with Gasteiger partial charge in [0.05, 0.1) is 15.2 Å². The minimum atomic E-state index is -0.353. The number of carbonyl (C=O) groups excluding carboxylic acids is 1. The molecule has 0 saturated heterocycles. The molecule has 0 radical (unpaired) electrons. The number of ether oxygens (including phenoxy) is 1. The molecule has 0 spiro atoms. The maximum atomic E-state index is 11.9. The SMILES string of the molecule is Cc1ccc(C)c(OCC(=O)NN=Cc2cc(Br)c(O)c(Br)c2)c1C. The molecule has 0 aliphatic rings. The number of aromatic hydroxyl groups is 1. The first kappa shape index (κ1) is 19.5. The number of aryl methyl sites for hydroxylation is 2. The average molecular weight is 470 g/mol. The molecule has 0 atom stereocenters. The first-order valence-corrected chi connectivity index (χ1v) is 9.07. The van der Waals surface area contributed by atoms with Gasteiger partial charge in [-0.05, 0) is 87.0 Å². The molecular weight excluding hydrogens is 452 g/mol. The molecule has 2 aromatic carbocycles. The van der Waals surface area contributed by atoms with E-state index in [4.69, 9.17) is 4.74 Å². The third kappa shape index (κ3) is 5.06. The number of phenolic OH excluding ortho intramolecular Hbond substituents is 1. The second kappa shape index (κ2) is 8.49. The quantitative estimate of drug-likeness (QED) is 0.504. The van der Waals surface area contributed by atoms with Gasteiger partial charge in [0.1, 0.15) is 11.5 Å². The number of hydrogen-bond acceptors (Lipinski definition) is 4. The number of hydrazone groups is 1. The summed E-state index contributed by atoms with van der Waals surface area (Å²) in [6.45, 7) is 5.79. The van der Waals surface area contributed by atoms with Gasteiger partial charge in [-0.1, -0.05) is 12.1 Å². The molecule has 0 aromatic heterocycles. The molecule has 0 aliphatic carbocycles. The van der Waals surface area contributed by atoms with E-state index >= 15 is 0 Å². The number of rotatable bonds is 5. The van der Waals surface area contributed by atoms with Crippen molar-refractivity contribution >= 4 is 44.0 Å². The van der Waals surface area contributed by atoms with Crippen molar-refractivity contribution in [3.05, 3.63) is 55.5 Å². The van der Waals surface area contributed by atoms with Crippen LogP contribution in [-0.4, -0.2) is 23.8 Å². The van der Waals surface area contributed by atoms with Crippen molar-refractivity contribution in [2.24, 2.45) is 5.10 Å². The highest BCUT2D eigenvalue weighted by Crippen LogP contribution is 2.32. The van der Waals surface area contributed by atoms with Crippen molar-refractivity contribution in [1.82, 2.24) is 5.43 Å². The molecule has 2 aromatic rings. The Morgan fingerprint density at radius 2 is 1.80 bits per heavy atom. The Kier molecular flexibility index (Phi) is 6.61. The van der Waals surface area contributed by atoms with E-state index in [2.05, 4.69) is 42.4 Å². The first-order valence-electron chi connectivity index (χ1n) is 7.49. The number of amides is 1. The van der Waals surface area contributed by atoms with E-state index in [0.717, 1.165) is 22.4 Å². The zero-order chi connectivity index (χ0) is 18.6. The molecule has 0 saturated carbocycles. The molecular formula is C18H18Br2N2O3. The van der Waals surface area contributed by atoms with Crippen molar-refractivity contribution in [1.29, 1.82) is 0 Å². The van der Waals surface area contributed by atoms with Crippen molar-refractivity contribution in [3.63, 3.8) is 0 Å². The predicted molar refractivity (Wildman–Crippen MR) is 105 cm³/mol. The van der Waals surface area contributed by atoms with Crippen LogP contribution in [0.4, 0.5) is 0 Å². The third-order valence-corrected chi connectivity index (χ3v) is 4.87. The monoisotopic (exact) mass is 468 g/mol. The summed E-state index contributed by atoms with van der Waals surface area (Å²) in [4.78, 5) is 11.9. The van der Waals surface area contributed by atoms with Crippen LogP contribution in [-0.2, 0) is 4.79 Å². The van der Waals surface area contributed by atoms with E-state index in [1.54, 1.807) is 12.1 Å². The van der Waals surface area contributed by atoms with Gasteiger partial charge in [0.2, 0.25) is 0 Å². The number of phenols is 1. The van der Waals surface area contributed by atoms with E-state index in [1.165, 1.54) is 6.21 Å². The van der Waals surface area contributed by atoms with Crippen LogP contribution in [0.15, 0.2) is 38.3 Å². The molecule has 2 rings (SSSR count). The van der Waals surface area contributed by atoms with E-state index < -0.39 is 0 Å². The molecule has 0 bridgehead atoms. The zero-order valence-electron chi connectivity index (χ0n) is 14.1. The van der Waals surface area contributed by atoms with Crippen molar-refractivity contribution in [2.45, 2.75) is 20.8 Å². The first-order chi connectivity index (χ1) is 11.8. The Hall–Kier alpha value is -1.86. The number of carbonyl (C=O) groups is 1. The second-order valence-corrected chi connectivity index (χ2v) is 7.28. The molecule has 132 valence electrons. The lowest BCUT2D eigenvalue weighted by Crippen LogP contribution is -2.25. The number of benzene rings is 2. The molecule has 0 unspecified atom stereocenters. The summed E-state index contributed by atoms with van der Waals surface area (Å²) in [6.07, 6.45) is 1.48. The van der Waals surface area contributed by atoms with Gasteiger partial charge < -0.3 is 9.84 Å². The Bertz CT molecular complexity index is 812. The maximum Gasteiger partial charge on any atom is 0.277 e. The Balaban J connectivity index is 1.94. The second-order valence-electron chi connectivity index (χ2n) is 5.57. The standard InChI is InChI=1S/C18H18Br2N2O3/c1-10-4-5-11(2)18(12(10)3)25-9-16(23)22-21-8-13-6-14(19)17(24)15(20)7-13/h4-8,24H,9H2,1-3H3,(H,22,23). The maximum absolute atomic E-state index is 11.9. The van der Waals surface area contributed by atoms with Gasteiger partial charge in [-0.15, -0.1) is 0 Å². The topological polar surface area (TPSA) is 70.9 Å². The largest absolute Gasteiger partial charge is 0.506 e. The summed E-state index contributed by atoms with van der Waals surface area (Å²) in [6, 6.07) is 7.36. The number of halogens is 2. The summed E-state index contributed by atoms with van der Waals surface area (Å²) in [5.41, 5.74) is 6.25. The summed E-state index contributed by atoms with van der Waals surface area (Å²) in [7, 11) is 0. The Morgan fingerprint density at radius 1 is 1.20 bits per heavy atom. The van der Waals surface area contributed by atoms with Crippen LogP contribution in [0.1, 0.15) is 22.3 Å². The minimum Gasteiger partial charge on any atom is -0.506 e. The van der Waals surface area contributed by atoms with Crippen molar-refractivity contribution in [3.8, 4) is 11.5 Å². The van der Waals surface area contributed by atoms with E-state index in [1.807, 2.05) is 32.9 Å². The van der Waals surface area contributed by atoms with Gasteiger partial charge in [0, 0.05) is 0 Å². The molecule has 0 aliphatic heterocycles. The summed E-state index contributed by atoms with van der Waals surface area (Å²) in [5, 5.41) is 13.6. The van der Waals surface area contributed by atoms with Crippen LogP contribution in [0.25, 0.3) is 0 Å². The predicted octanol–water partition coefficient (Wildman–Crippen LogP) is 4.37. The summed E-state index contributed by atoms with van der Waals surface area (Å²) < 4.78 is 6.69. The molecule has 7 heteroatoms. The van der Waals surface area contributed by atoms with Crippen LogP contribution in [0.5, 0.6) is 11.5 Å². The van der Waals surface area contributed by atoms with Gasteiger partial charge in [0.15, 0.2) is 6.61 Å². The number of nitrogens with zero attached hydrogens (tertiary/aromatic N) is 1. The molecule has 2 N–H and O–H groups in total. The molecule has 1 amide bonds. The molecule has 5 nitrogen and oxygen atoms in total. The fourth-order valence-corrected chi connectivity index (χ4v) is 3.38. The van der Waals surface area contributed by atoms with Crippen molar-refractivity contribution < 1.29 is 14.6 Å². The smallest absolute Gasteiger partial charge is 0.277 e. The van der Waals surface area contributed by atoms with E-state index in [0.29, 0.717) is 14.5 Å². The van der Waals surface area contributed by atoms with Crippen molar-refractivity contribution in [2.75, 3.05) is 6.61 Å². The van der Waals surface area contributed by atoms with Crippen LogP contribution >= 0.6 is 31.9 Å². The molecule has 0 heterocycles. The lowest BCUT2D eigenvalue weighted by Gasteiger charge is -2.13. The third-order valence-electron chi connectivity index (χ3n) is 3.66. The fraction of sp³-hybridized carbons (Fsp3) is 0.222. The van der Waals surface area contributed by atoms with E-state index in [-0.39, 0.29) is 18.3 Å². The lowest BCUT2D eigenvalue weighted by molar-refractivity contribution is -0.123. The number of hydrogen-bond donors (Lipinski definition) is 2. The normalized spacial score (nSPS) is 10.9. The fourth-order valence-electron chi connectivity index (χ4n) is 2.16. The lowest BCUT2D eigenvalue weighted by atomic mass is 10.1. The highest BCUT2D eigenvalue weighted by molar-refractivity contribution is 9.11. The number of nitrogens with one attached hydrogen (secondary N) is 1. The van der Waals surface area contributed by atoms with Crippen LogP contribution in [0.2, 0.25) is 0 Å². The van der Waals surface area contributed by atoms with E-state index in [9.17, 15) is 9.90 Å². The highest BCUT2D eigenvalue weighted by atomic mass is 79.9. The van der Waals surface area contributed by atoms with Crippen LogP contribution in [0, 0.1) is 20.8 Å². The zero-order valence-corrected chi connectivity index (χ0v) is 17.2. The Morgan fingerprint density at radius 3 is 2.44 bits per heavy atom. The average Bonchev–Trinajstić information content (AvgIpc) is 2.56. The Labute approximate surface area is 163 Å². The highest BCUT2D eigenvalue weighted by Gasteiger charge is 2.09. The minimum absolute atomic E-state index is 0.110. The molecule has 25 heavy (non-hydrogen) atoms. The summed E-state index contributed by atoms with van der Waals surface area (Å²) in [5.74, 6) is 0.484. The van der Waals surface area contributed by atoms with Gasteiger partial charge >= 0.3 is 0 Å². The molecule has 0 fully saturated rings. The van der Waals surface area contributed by atoms with Gasteiger partial charge in [-0.25, -0.2) is 5.43 Å². The van der Waals surface area contributed by atoms with Crippen LogP contribution < -0.4 is 10.2 Å². The van der Waals surface area contributed by atoms with Gasteiger partial charge in [-0.3, -0.25) is 4.79 Å². The van der Waals surface area contributed by atoms with Gasteiger partial charge in [-0.2, -0.15) is 5.10 Å². The summed E-state index contributed by atoms with van der Waals surface area (Å²) >= 11 is 6.48. The van der Waals surface area contributed by atoms with Crippen LogP contribution in [0.3, 0.4) is 0 Å². The van der Waals surface area contributed by atoms with Gasteiger partial charge in [0.25, 0.3) is 5.91 Å².